The maximum absolute atomic E-state index is 12.5. The van der Waals surface area contributed by atoms with E-state index in [9.17, 15) is 22.8 Å². The molecule has 0 radical (unpaired) electrons. The quantitative estimate of drug-likeness (QED) is 0.654. The van der Waals surface area contributed by atoms with Crippen LogP contribution in [-0.4, -0.2) is 41.7 Å². The molecule has 0 aliphatic heterocycles. The van der Waals surface area contributed by atoms with Crippen LogP contribution < -0.4 is 10.1 Å². The molecule has 3 aromatic rings. The highest BCUT2D eigenvalue weighted by Gasteiger charge is 2.31. The summed E-state index contributed by atoms with van der Waals surface area (Å²) in [4.78, 5) is 30.5. The van der Waals surface area contributed by atoms with Gasteiger partial charge in [0.05, 0.1) is 10.2 Å². The van der Waals surface area contributed by atoms with Crippen LogP contribution in [0.5, 0.6) is 5.75 Å². The standard InChI is InChI=1S/C19H16F3N3O3S/c1-3-25(2)17(27)12-6-4-5-11(9-12)16(26)24-18-23-14-8-7-13(10-15(14)29-18)28-19(20,21)22/h4-10H,3H2,1-2H3,(H,23,24,26). The molecule has 3 rings (SSSR count). The van der Waals surface area contributed by atoms with Gasteiger partial charge in [-0.05, 0) is 37.3 Å². The lowest BCUT2D eigenvalue weighted by molar-refractivity contribution is -0.274. The van der Waals surface area contributed by atoms with Gasteiger partial charge >= 0.3 is 6.36 Å². The fourth-order valence-electron chi connectivity index (χ4n) is 2.48. The topological polar surface area (TPSA) is 71.5 Å². The normalized spacial score (nSPS) is 11.3. The second-order valence-corrected chi connectivity index (χ2v) is 7.08. The number of carbonyl (C=O) groups excluding carboxylic acids is 2. The Balaban J connectivity index is 1.78. The second-order valence-electron chi connectivity index (χ2n) is 6.05. The summed E-state index contributed by atoms with van der Waals surface area (Å²) in [7, 11) is 1.66. The number of nitrogens with one attached hydrogen (secondary N) is 1. The molecule has 2 aromatic carbocycles. The average Bonchev–Trinajstić information content (AvgIpc) is 3.07. The van der Waals surface area contributed by atoms with Crippen molar-refractivity contribution in [1.29, 1.82) is 0 Å². The van der Waals surface area contributed by atoms with Crippen molar-refractivity contribution in [3.05, 3.63) is 53.6 Å². The number of aromatic nitrogens is 1. The van der Waals surface area contributed by atoms with E-state index in [0.717, 1.165) is 17.4 Å². The monoisotopic (exact) mass is 423 g/mol. The van der Waals surface area contributed by atoms with Gasteiger partial charge in [0, 0.05) is 30.8 Å². The van der Waals surface area contributed by atoms with E-state index >= 15 is 0 Å². The smallest absolute Gasteiger partial charge is 0.406 e. The molecular formula is C19H16F3N3O3S. The summed E-state index contributed by atoms with van der Waals surface area (Å²) in [6, 6.07) is 9.99. The fourth-order valence-corrected chi connectivity index (χ4v) is 3.37. The number of ether oxygens (including phenoxy) is 1. The van der Waals surface area contributed by atoms with Gasteiger partial charge in [0.25, 0.3) is 11.8 Å². The van der Waals surface area contributed by atoms with Crippen molar-refractivity contribution in [1.82, 2.24) is 9.88 Å². The lowest BCUT2D eigenvalue weighted by atomic mass is 10.1. The minimum absolute atomic E-state index is 0.209. The summed E-state index contributed by atoms with van der Waals surface area (Å²) in [5.74, 6) is -1.05. The molecule has 0 bridgehead atoms. The van der Waals surface area contributed by atoms with Crippen LogP contribution >= 0.6 is 11.3 Å². The molecule has 1 aromatic heterocycles. The zero-order chi connectivity index (χ0) is 21.2. The van der Waals surface area contributed by atoms with Crippen LogP contribution in [0.1, 0.15) is 27.6 Å². The van der Waals surface area contributed by atoms with Crippen LogP contribution in [-0.2, 0) is 0 Å². The third kappa shape index (κ3) is 5.02. The number of carbonyl (C=O) groups is 2. The Hall–Kier alpha value is -3.14. The molecule has 0 unspecified atom stereocenters. The maximum Gasteiger partial charge on any atom is 0.573 e. The number of hydrogen-bond donors (Lipinski definition) is 1. The molecule has 0 fully saturated rings. The van der Waals surface area contributed by atoms with E-state index in [-0.39, 0.29) is 22.4 Å². The lowest BCUT2D eigenvalue weighted by Crippen LogP contribution is -2.26. The number of halogens is 3. The first-order valence-corrected chi connectivity index (χ1v) is 9.31. The number of nitrogens with zero attached hydrogens (tertiary/aromatic N) is 2. The third-order valence-corrected chi connectivity index (χ3v) is 4.94. The number of fused-ring (bicyclic) bond motifs is 1. The molecule has 0 saturated carbocycles. The molecule has 152 valence electrons. The molecular weight excluding hydrogens is 407 g/mol. The molecule has 2 amide bonds. The predicted molar refractivity (Wildman–Crippen MR) is 103 cm³/mol. The largest absolute Gasteiger partial charge is 0.573 e. The molecule has 0 saturated heterocycles. The van der Waals surface area contributed by atoms with Crippen LogP contribution in [0.25, 0.3) is 10.2 Å². The summed E-state index contributed by atoms with van der Waals surface area (Å²) in [6.07, 6.45) is -4.79. The SMILES string of the molecule is CCN(C)C(=O)c1cccc(C(=O)Nc2nc3ccc(OC(F)(F)F)cc3s2)c1. The number of thiazole rings is 1. The number of anilines is 1. The van der Waals surface area contributed by atoms with Gasteiger partial charge in [0.1, 0.15) is 5.75 Å². The van der Waals surface area contributed by atoms with Crippen LogP contribution in [0.15, 0.2) is 42.5 Å². The van der Waals surface area contributed by atoms with Crippen molar-refractivity contribution < 1.29 is 27.5 Å². The van der Waals surface area contributed by atoms with Gasteiger partial charge in [0.2, 0.25) is 0 Å². The molecule has 0 aliphatic rings. The van der Waals surface area contributed by atoms with Crippen molar-refractivity contribution in [3.63, 3.8) is 0 Å². The highest BCUT2D eigenvalue weighted by atomic mass is 32.1. The summed E-state index contributed by atoms with van der Waals surface area (Å²) in [5.41, 5.74) is 1.06. The Morgan fingerprint density at radius 3 is 2.59 bits per heavy atom. The van der Waals surface area contributed by atoms with E-state index < -0.39 is 12.3 Å². The molecule has 10 heteroatoms. The first-order chi connectivity index (χ1) is 13.7. The van der Waals surface area contributed by atoms with Crippen molar-refractivity contribution in [2.75, 3.05) is 18.9 Å². The van der Waals surface area contributed by atoms with E-state index in [4.69, 9.17) is 0 Å². The number of benzene rings is 2. The highest BCUT2D eigenvalue weighted by molar-refractivity contribution is 7.22. The molecule has 0 atom stereocenters. The molecule has 0 spiro atoms. The van der Waals surface area contributed by atoms with E-state index in [0.29, 0.717) is 22.3 Å². The highest BCUT2D eigenvalue weighted by Crippen LogP contribution is 2.31. The van der Waals surface area contributed by atoms with Gasteiger partial charge in [-0.2, -0.15) is 0 Å². The Morgan fingerprint density at radius 1 is 1.17 bits per heavy atom. The Labute approximate surface area is 167 Å². The Morgan fingerprint density at radius 2 is 1.90 bits per heavy atom. The minimum Gasteiger partial charge on any atom is -0.406 e. The zero-order valence-electron chi connectivity index (χ0n) is 15.4. The summed E-state index contributed by atoms with van der Waals surface area (Å²) in [6.45, 7) is 2.37. The molecule has 1 heterocycles. The molecule has 1 N–H and O–H groups in total. The maximum atomic E-state index is 12.5. The van der Waals surface area contributed by atoms with Crippen LogP contribution in [0.4, 0.5) is 18.3 Å². The van der Waals surface area contributed by atoms with Crippen molar-refractivity contribution in [2.24, 2.45) is 0 Å². The Bertz CT molecular complexity index is 1070. The van der Waals surface area contributed by atoms with Crippen LogP contribution in [0.2, 0.25) is 0 Å². The molecule has 29 heavy (non-hydrogen) atoms. The average molecular weight is 423 g/mol. The zero-order valence-corrected chi connectivity index (χ0v) is 16.2. The summed E-state index contributed by atoms with van der Waals surface area (Å²) < 4.78 is 41.4. The minimum atomic E-state index is -4.79. The van der Waals surface area contributed by atoms with Gasteiger partial charge in [-0.25, -0.2) is 4.98 Å². The van der Waals surface area contributed by atoms with Gasteiger partial charge in [-0.1, -0.05) is 17.4 Å². The van der Waals surface area contributed by atoms with Gasteiger partial charge < -0.3 is 9.64 Å². The number of hydrogen-bond acceptors (Lipinski definition) is 5. The van der Waals surface area contributed by atoms with Gasteiger partial charge in [-0.3, -0.25) is 14.9 Å². The van der Waals surface area contributed by atoms with Gasteiger partial charge in [-0.15, -0.1) is 13.2 Å². The number of rotatable bonds is 5. The predicted octanol–water partition coefficient (Wildman–Crippen LogP) is 4.54. The van der Waals surface area contributed by atoms with Crippen molar-refractivity contribution in [3.8, 4) is 5.75 Å². The Kier molecular flexibility index (Phi) is 5.73. The number of amides is 2. The summed E-state index contributed by atoms with van der Waals surface area (Å²) >= 11 is 1.01. The van der Waals surface area contributed by atoms with Crippen LogP contribution in [0, 0.1) is 0 Å². The van der Waals surface area contributed by atoms with Crippen LogP contribution in [0.3, 0.4) is 0 Å². The van der Waals surface area contributed by atoms with Crippen molar-refractivity contribution in [2.45, 2.75) is 13.3 Å². The van der Waals surface area contributed by atoms with E-state index in [1.54, 1.807) is 25.2 Å². The van der Waals surface area contributed by atoms with Crippen molar-refractivity contribution >= 4 is 38.5 Å². The third-order valence-electron chi connectivity index (χ3n) is 4.01. The fraction of sp³-hybridized carbons (Fsp3) is 0.211. The van der Waals surface area contributed by atoms with E-state index in [2.05, 4.69) is 15.0 Å². The molecule has 0 aliphatic carbocycles. The van der Waals surface area contributed by atoms with E-state index in [1.165, 1.54) is 23.1 Å². The molecule has 6 nitrogen and oxygen atoms in total. The first kappa shape index (κ1) is 20.6. The van der Waals surface area contributed by atoms with Gasteiger partial charge in [0.15, 0.2) is 5.13 Å². The summed E-state index contributed by atoms with van der Waals surface area (Å²) in [5, 5.41) is 2.82. The second kappa shape index (κ2) is 8.08. The van der Waals surface area contributed by atoms with E-state index in [1.807, 2.05) is 6.92 Å². The lowest BCUT2D eigenvalue weighted by Gasteiger charge is -2.14. The first-order valence-electron chi connectivity index (χ1n) is 8.49. The number of alkyl halides is 3.